The number of hydrogen-bond donors (Lipinski definition) is 2. The van der Waals surface area contributed by atoms with E-state index in [0.717, 1.165) is 25.7 Å². The van der Waals surface area contributed by atoms with Gasteiger partial charge in [-0.05, 0) is 71.4 Å². The molecule has 1 saturated heterocycles. The number of esters is 1. The Hall–Kier alpha value is -3.09. The molecule has 0 aliphatic carbocycles. The minimum absolute atomic E-state index is 0.00125. The molecule has 0 spiro atoms. The van der Waals surface area contributed by atoms with Crippen LogP contribution in [0.4, 0.5) is 0 Å². The number of carbonyl (C=O) groups excluding carboxylic acids is 3. The third-order valence-electron chi connectivity index (χ3n) is 6.38. The molecular formula is C27H37N3O4. The monoisotopic (exact) mass is 467 g/mol. The molecule has 2 atom stereocenters. The predicted octanol–water partition coefficient (Wildman–Crippen LogP) is 4.19. The predicted molar refractivity (Wildman–Crippen MR) is 132 cm³/mol. The Morgan fingerprint density at radius 3 is 2.53 bits per heavy atom. The van der Waals surface area contributed by atoms with Crippen LogP contribution < -0.4 is 5.32 Å². The van der Waals surface area contributed by atoms with Gasteiger partial charge in [-0.2, -0.15) is 0 Å². The number of aromatic nitrogens is 1. The summed E-state index contributed by atoms with van der Waals surface area (Å²) >= 11 is 0. The molecule has 2 N–H and O–H groups in total. The van der Waals surface area contributed by atoms with E-state index in [4.69, 9.17) is 4.74 Å². The van der Waals surface area contributed by atoms with Crippen LogP contribution in [0, 0.1) is 19.8 Å². The number of likely N-dealkylation sites (tertiary alicyclic amines) is 1. The average molecular weight is 468 g/mol. The van der Waals surface area contributed by atoms with E-state index in [2.05, 4.69) is 22.4 Å². The highest BCUT2D eigenvalue weighted by atomic mass is 16.5. The van der Waals surface area contributed by atoms with Gasteiger partial charge in [0, 0.05) is 24.8 Å². The summed E-state index contributed by atoms with van der Waals surface area (Å²) in [6.07, 6.45) is 3.06. The summed E-state index contributed by atoms with van der Waals surface area (Å²) < 4.78 is 5.33. The first-order valence-corrected chi connectivity index (χ1v) is 12.2. The quantitative estimate of drug-likeness (QED) is 0.570. The normalized spacial score (nSPS) is 16.9. The van der Waals surface area contributed by atoms with E-state index in [-0.39, 0.29) is 29.9 Å². The van der Waals surface area contributed by atoms with Gasteiger partial charge in [0.1, 0.15) is 5.69 Å². The fraction of sp³-hybridized carbons (Fsp3) is 0.519. The SMILES string of the molecule is Cc1[nH]c(C(=O)N2CCC[C@H](C(=O)N[C@H](C)CCc3ccccc3)C2)c(C)c1C(=O)OC(C)C. The number of hydrogen-bond acceptors (Lipinski definition) is 4. The lowest BCUT2D eigenvalue weighted by atomic mass is 9.96. The molecule has 1 aliphatic rings. The van der Waals surface area contributed by atoms with E-state index in [9.17, 15) is 14.4 Å². The molecule has 1 aromatic carbocycles. The van der Waals surface area contributed by atoms with Crippen LogP contribution in [0.3, 0.4) is 0 Å². The number of H-pyrrole nitrogens is 1. The van der Waals surface area contributed by atoms with Gasteiger partial charge in [0.2, 0.25) is 5.91 Å². The fourth-order valence-corrected chi connectivity index (χ4v) is 4.54. The molecule has 2 aromatic rings. The number of aromatic amines is 1. The molecule has 184 valence electrons. The van der Waals surface area contributed by atoms with Gasteiger partial charge in [0.25, 0.3) is 5.91 Å². The largest absolute Gasteiger partial charge is 0.459 e. The Labute approximate surface area is 202 Å². The molecule has 1 fully saturated rings. The summed E-state index contributed by atoms with van der Waals surface area (Å²) in [6, 6.07) is 10.3. The zero-order valence-electron chi connectivity index (χ0n) is 20.9. The van der Waals surface area contributed by atoms with Gasteiger partial charge in [0.15, 0.2) is 0 Å². The Morgan fingerprint density at radius 1 is 1.15 bits per heavy atom. The number of nitrogens with zero attached hydrogens (tertiary/aromatic N) is 1. The highest BCUT2D eigenvalue weighted by Gasteiger charge is 2.32. The summed E-state index contributed by atoms with van der Waals surface area (Å²) in [5.74, 6) is -0.850. The van der Waals surface area contributed by atoms with Crippen molar-refractivity contribution in [3.63, 3.8) is 0 Å². The van der Waals surface area contributed by atoms with Gasteiger partial charge in [-0.1, -0.05) is 30.3 Å². The van der Waals surface area contributed by atoms with Crippen molar-refractivity contribution < 1.29 is 19.1 Å². The van der Waals surface area contributed by atoms with Crippen LogP contribution in [0.2, 0.25) is 0 Å². The molecule has 1 aliphatic heterocycles. The van der Waals surface area contributed by atoms with Crippen molar-refractivity contribution in [2.24, 2.45) is 5.92 Å². The Bertz CT molecular complexity index is 1010. The molecular weight excluding hydrogens is 430 g/mol. The standard InChI is InChI=1S/C27H37N3O4/c1-17(2)34-27(33)23-19(4)24(29-20(23)5)26(32)30-15-9-12-22(16-30)25(31)28-18(3)13-14-21-10-7-6-8-11-21/h6-8,10-11,17-18,22,29H,9,12-16H2,1-5H3,(H,28,31)/t18-,22+/m1/s1. The van der Waals surface area contributed by atoms with Gasteiger partial charge in [-0.15, -0.1) is 0 Å². The highest BCUT2D eigenvalue weighted by Crippen LogP contribution is 2.24. The molecule has 0 saturated carbocycles. The molecule has 3 rings (SSSR count). The molecule has 7 heteroatoms. The first-order valence-electron chi connectivity index (χ1n) is 12.2. The third-order valence-corrected chi connectivity index (χ3v) is 6.38. The average Bonchev–Trinajstić information content (AvgIpc) is 3.11. The van der Waals surface area contributed by atoms with Crippen molar-refractivity contribution >= 4 is 17.8 Å². The number of nitrogens with one attached hydrogen (secondary N) is 2. The molecule has 0 unspecified atom stereocenters. The summed E-state index contributed by atoms with van der Waals surface area (Å²) in [5.41, 5.74) is 3.27. The Kier molecular flexibility index (Phi) is 8.53. The summed E-state index contributed by atoms with van der Waals surface area (Å²) in [5, 5.41) is 3.13. The van der Waals surface area contributed by atoms with Crippen LogP contribution in [-0.4, -0.2) is 52.9 Å². The van der Waals surface area contributed by atoms with E-state index in [1.807, 2.05) is 25.1 Å². The maximum Gasteiger partial charge on any atom is 0.340 e. The van der Waals surface area contributed by atoms with Gasteiger partial charge >= 0.3 is 5.97 Å². The van der Waals surface area contributed by atoms with Gasteiger partial charge in [-0.3, -0.25) is 9.59 Å². The van der Waals surface area contributed by atoms with E-state index in [1.54, 1.807) is 32.6 Å². The lowest BCUT2D eigenvalue weighted by molar-refractivity contribution is -0.127. The van der Waals surface area contributed by atoms with Crippen molar-refractivity contribution in [3.05, 3.63) is 58.4 Å². The zero-order valence-corrected chi connectivity index (χ0v) is 20.9. The van der Waals surface area contributed by atoms with Gasteiger partial charge in [0.05, 0.1) is 17.6 Å². The second-order valence-corrected chi connectivity index (χ2v) is 9.60. The Morgan fingerprint density at radius 2 is 1.85 bits per heavy atom. The minimum atomic E-state index is -0.430. The Balaban J connectivity index is 1.60. The topological polar surface area (TPSA) is 91.5 Å². The maximum atomic E-state index is 13.3. The molecule has 0 radical (unpaired) electrons. The van der Waals surface area contributed by atoms with E-state index in [1.165, 1.54) is 5.56 Å². The van der Waals surface area contributed by atoms with Crippen LogP contribution in [0.5, 0.6) is 0 Å². The zero-order chi connectivity index (χ0) is 24.8. The van der Waals surface area contributed by atoms with Crippen molar-refractivity contribution in [1.82, 2.24) is 15.2 Å². The molecule has 2 heterocycles. The van der Waals surface area contributed by atoms with E-state index >= 15 is 0 Å². The number of benzene rings is 1. The van der Waals surface area contributed by atoms with E-state index in [0.29, 0.717) is 35.6 Å². The van der Waals surface area contributed by atoms with Crippen LogP contribution in [0.1, 0.15) is 77.7 Å². The highest BCUT2D eigenvalue weighted by molar-refractivity contribution is 6.00. The number of aryl methyl sites for hydroxylation is 2. The number of piperidine rings is 1. The molecule has 1 aromatic heterocycles. The number of carbonyl (C=O) groups is 3. The maximum absolute atomic E-state index is 13.3. The van der Waals surface area contributed by atoms with Crippen LogP contribution in [0.15, 0.2) is 30.3 Å². The van der Waals surface area contributed by atoms with Crippen LogP contribution in [0.25, 0.3) is 0 Å². The smallest absolute Gasteiger partial charge is 0.340 e. The number of amides is 2. The summed E-state index contributed by atoms with van der Waals surface area (Å²) in [6.45, 7) is 10.1. The van der Waals surface area contributed by atoms with Crippen LogP contribution >= 0.6 is 0 Å². The fourth-order valence-electron chi connectivity index (χ4n) is 4.54. The molecule has 7 nitrogen and oxygen atoms in total. The number of ether oxygens (including phenoxy) is 1. The number of rotatable bonds is 8. The van der Waals surface area contributed by atoms with Crippen molar-refractivity contribution in [2.45, 2.75) is 72.4 Å². The van der Waals surface area contributed by atoms with Crippen molar-refractivity contribution in [1.29, 1.82) is 0 Å². The summed E-state index contributed by atoms with van der Waals surface area (Å²) in [7, 11) is 0. The second-order valence-electron chi connectivity index (χ2n) is 9.60. The van der Waals surface area contributed by atoms with Crippen LogP contribution in [-0.2, 0) is 16.0 Å². The third kappa shape index (κ3) is 6.27. The lowest BCUT2D eigenvalue weighted by Gasteiger charge is -2.32. The first-order chi connectivity index (χ1) is 16.2. The first kappa shape index (κ1) is 25.5. The minimum Gasteiger partial charge on any atom is -0.459 e. The molecule has 2 amide bonds. The van der Waals surface area contributed by atoms with Gasteiger partial charge < -0.3 is 19.9 Å². The van der Waals surface area contributed by atoms with Crippen molar-refractivity contribution in [3.8, 4) is 0 Å². The molecule has 34 heavy (non-hydrogen) atoms. The van der Waals surface area contributed by atoms with E-state index < -0.39 is 5.97 Å². The van der Waals surface area contributed by atoms with Crippen molar-refractivity contribution in [2.75, 3.05) is 13.1 Å². The second kappa shape index (κ2) is 11.4. The van der Waals surface area contributed by atoms with Gasteiger partial charge in [-0.25, -0.2) is 4.79 Å². The summed E-state index contributed by atoms with van der Waals surface area (Å²) in [4.78, 5) is 43.5. The molecule has 0 bridgehead atoms. The lowest BCUT2D eigenvalue weighted by Crippen LogP contribution is -2.47.